The molecule has 8 heteroatoms. The van der Waals surface area contributed by atoms with Gasteiger partial charge in [0.2, 0.25) is 0 Å². The Bertz CT molecular complexity index is 815. The summed E-state index contributed by atoms with van der Waals surface area (Å²) in [6.07, 6.45) is 0.862. The van der Waals surface area contributed by atoms with Crippen LogP contribution < -0.4 is 25.3 Å². The van der Waals surface area contributed by atoms with Gasteiger partial charge in [-0.1, -0.05) is 11.6 Å². The standard InChI is InChI=1S/C18H20ClN3O3.HI/c1-23-14-3-4-16(24-2)15(9-14)22-18(20)21-10-12-8-13(19)7-11-5-6-25-17(11)12;/h3-4,7-9H,5-6,10H2,1-2H3,(H3,20,21,22);1H. The SMILES string of the molecule is COc1ccc(OC)c(NC(N)=NCc2cc(Cl)cc3c2OCC3)c1.I. The Kier molecular flexibility index (Phi) is 7.22. The molecule has 2 aromatic rings. The van der Waals surface area contributed by atoms with Gasteiger partial charge in [-0.25, -0.2) is 4.99 Å². The van der Waals surface area contributed by atoms with E-state index in [-0.39, 0.29) is 29.9 Å². The average Bonchev–Trinajstić information content (AvgIpc) is 3.07. The van der Waals surface area contributed by atoms with Crippen LogP contribution in [0.2, 0.25) is 5.02 Å². The summed E-state index contributed by atoms with van der Waals surface area (Å²) in [5.41, 5.74) is 8.73. The Morgan fingerprint density at radius 2 is 2.08 bits per heavy atom. The van der Waals surface area contributed by atoms with Crippen molar-refractivity contribution in [3.63, 3.8) is 0 Å². The molecule has 1 aliphatic rings. The zero-order valence-corrected chi connectivity index (χ0v) is 17.6. The number of aliphatic imine (C=N–C) groups is 1. The second kappa shape index (κ2) is 9.18. The van der Waals surface area contributed by atoms with Crippen LogP contribution in [0.25, 0.3) is 0 Å². The summed E-state index contributed by atoms with van der Waals surface area (Å²) < 4.78 is 16.2. The highest BCUT2D eigenvalue weighted by atomic mass is 127. The molecule has 6 nitrogen and oxygen atoms in total. The third kappa shape index (κ3) is 4.64. The predicted octanol–water partition coefficient (Wildman–Crippen LogP) is 3.84. The molecular weight excluding hydrogens is 469 g/mol. The van der Waals surface area contributed by atoms with Gasteiger partial charge in [0.15, 0.2) is 5.96 Å². The summed E-state index contributed by atoms with van der Waals surface area (Å²) in [6.45, 7) is 1.04. The smallest absolute Gasteiger partial charge is 0.193 e. The Morgan fingerprint density at radius 1 is 1.27 bits per heavy atom. The quantitative estimate of drug-likeness (QED) is 0.379. The molecule has 0 spiro atoms. The van der Waals surface area contributed by atoms with E-state index in [0.717, 1.165) is 23.3 Å². The number of hydrogen-bond donors (Lipinski definition) is 2. The lowest BCUT2D eigenvalue weighted by atomic mass is 10.1. The number of anilines is 1. The van der Waals surface area contributed by atoms with E-state index < -0.39 is 0 Å². The van der Waals surface area contributed by atoms with Crippen LogP contribution in [0.5, 0.6) is 17.2 Å². The van der Waals surface area contributed by atoms with Gasteiger partial charge in [0.05, 0.1) is 33.1 Å². The first kappa shape index (κ1) is 20.4. The molecule has 0 amide bonds. The molecular formula is C18H21ClIN3O3. The lowest BCUT2D eigenvalue weighted by Crippen LogP contribution is -2.23. The second-order valence-corrected chi connectivity index (χ2v) is 5.98. The van der Waals surface area contributed by atoms with Crippen LogP contribution in [0.15, 0.2) is 35.3 Å². The monoisotopic (exact) mass is 489 g/mol. The van der Waals surface area contributed by atoms with Crippen molar-refractivity contribution in [3.05, 3.63) is 46.5 Å². The van der Waals surface area contributed by atoms with Gasteiger partial charge in [-0.15, -0.1) is 24.0 Å². The largest absolute Gasteiger partial charge is 0.497 e. The first-order valence-corrected chi connectivity index (χ1v) is 8.21. The number of ether oxygens (including phenoxy) is 3. The molecule has 3 N–H and O–H groups in total. The van der Waals surface area contributed by atoms with E-state index in [4.69, 9.17) is 31.5 Å². The van der Waals surface area contributed by atoms with E-state index in [1.165, 1.54) is 0 Å². The molecule has 140 valence electrons. The summed E-state index contributed by atoms with van der Waals surface area (Å²) in [5.74, 6) is 2.46. The van der Waals surface area contributed by atoms with Gasteiger partial charge in [-0.05, 0) is 29.8 Å². The third-order valence-corrected chi connectivity index (χ3v) is 4.13. The topological polar surface area (TPSA) is 78.1 Å². The number of nitrogens with one attached hydrogen (secondary N) is 1. The minimum Gasteiger partial charge on any atom is -0.497 e. The summed E-state index contributed by atoms with van der Waals surface area (Å²) in [4.78, 5) is 4.39. The molecule has 2 aromatic carbocycles. The highest BCUT2D eigenvalue weighted by Crippen LogP contribution is 2.33. The zero-order chi connectivity index (χ0) is 17.8. The molecule has 1 heterocycles. The van der Waals surface area contributed by atoms with E-state index in [1.807, 2.05) is 18.2 Å². The molecule has 0 aromatic heterocycles. The molecule has 0 saturated carbocycles. The van der Waals surface area contributed by atoms with Crippen molar-refractivity contribution >= 4 is 47.2 Å². The number of benzene rings is 2. The molecule has 26 heavy (non-hydrogen) atoms. The molecule has 0 atom stereocenters. The van der Waals surface area contributed by atoms with E-state index in [2.05, 4.69) is 10.3 Å². The van der Waals surface area contributed by atoms with Gasteiger partial charge in [0.25, 0.3) is 0 Å². The summed E-state index contributed by atoms with van der Waals surface area (Å²) >= 11 is 6.17. The fourth-order valence-corrected chi connectivity index (χ4v) is 2.99. The Morgan fingerprint density at radius 3 is 2.81 bits per heavy atom. The fraction of sp³-hybridized carbons (Fsp3) is 0.278. The number of fused-ring (bicyclic) bond motifs is 1. The lowest BCUT2D eigenvalue weighted by Gasteiger charge is -2.12. The van der Waals surface area contributed by atoms with Crippen LogP contribution in [-0.4, -0.2) is 26.8 Å². The van der Waals surface area contributed by atoms with Crippen LogP contribution in [0, 0.1) is 0 Å². The third-order valence-electron chi connectivity index (χ3n) is 3.91. The maximum absolute atomic E-state index is 6.17. The maximum Gasteiger partial charge on any atom is 0.193 e. The van der Waals surface area contributed by atoms with Crippen LogP contribution in [0.3, 0.4) is 0 Å². The lowest BCUT2D eigenvalue weighted by molar-refractivity contribution is 0.353. The van der Waals surface area contributed by atoms with Gasteiger partial charge >= 0.3 is 0 Å². The number of guanidine groups is 1. The predicted molar refractivity (Wildman–Crippen MR) is 115 cm³/mol. The summed E-state index contributed by atoms with van der Waals surface area (Å²) in [6, 6.07) is 9.19. The Labute approximate surface area is 174 Å². The molecule has 0 bridgehead atoms. The van der Waals surface area contributed by atoms with Crippen LogP contribution in [0.4, 0.5) is 5.69 Å². The van der Waals surface area contributed by atoms with Crippen LogP contribution >= 0.6 is 35.6 Å². The molecule has 0 fully saturated rings. The summed E-state index contributed by atoms with van der Waals surface area (Å²) in [7, 11) is 3.19. The Balaban J connectivity index is 0.00000243. The summed E-state index contributed by atoms with van der Waals surface area (Å²) in [5, 5.41) is 3.71. The first-order chi connectivity index (χ1) is 12.1. The van der Waals surface area contributed by atoms with Crippen molar-refractivity contribution in [1.82, 2.24) is 0 Å². The van der Waals surface area contributed by atoms with Crippen molar-refractivity contribution in [2.24, 2.45) is 10.7 Å². The first-order valence-electron chi connectivity index (χ1n) is 7.83. The molecule has 3 rings (SSSR count). The Hall–Kier alpha value is -1.87. The van der Waals surface area contributed by atoms with Crippen LogP contribution in [-0.2, 0) is 13.0 Å². The number of rotatable bonds is 5. The van der Waals surface area contributed by atoms with Gasteiger partial charge in [-0.3, -0.25) is 0 Å². The van der Waals surface area contributed by atoms with E-state index in [1.54, 1.807) is 26.4 Å². The van der Waals surface area contributed by atoms with Crippen LogP contribution in [0.1, 0.15) is 11.1 Å². The van der Waals surface area contributed by atoms with Crippen molar-refractivity contribution in [1.29, 1.82) is 0 Å². The van der Waals surface area contributed by atoms with Gasteiger partial charge in [0, 0.05) is 23.1 Å². The molecule has 0 radical (unpaired) electrons. The zero-order valence-electron chi connectivity index (χ0n) is 14.5. The van der Waals surface area contributed by atoms with Crippen molar-refractivity contribution < 1.29 is 14.2 Å². The minimum absolute atomic E-state index is 0. The van der Waals surface area contributed by atoms with E-state index >= 15 is 0 Å². The van der Waals surface area contributed by atoms with Crippen molar-refractivity contribution in [3.8, 4) is 17.2 Å². The molecule has 0 aliphatic carbocycles. The highest BCUT2D eigenvalue weighted by molar-refractivity contribution is 14.0. The van der Waals surface area contributed by atoms with E-state index in [0.29, 0.717) is 35.4 Å². The number of nitrogens with two attached hydrogens (primary N) is 1. The maximum atomic E-state index is 6.17. The number of halogens is 2. The highest BCUT2D eigenvalue weighted by Gasteiger charge is 2.17. The number of hydrogen-bond acceptors (Lipinski definition) is 4. The van der Waals surface area contributed by atoms with Crippen molar-refractivity contribution in [2.45, 2.75) is 13.0 Å². The molecule has 0 unspecified atom stereocenters. The average molecular weight is 490 g/mol. The van der Waals surface area contributed by atoms with Gasteiger partial charge < -0.3 is 25.3 Å². The minimum atomic E-state index is 0. The number of methoxy groups -OCH3 is 2. The molecule has 1 aliphatic heterocycles. The second-order valence-electron chi connectivity index (χ2n) is 5.54. The van der Waals surface area contributed by atoms with Crippen molar-refractivity contribution in [2.75, 3.05) is 26.1 Å². The normalized spacial score (nSPS) is 12.7. The fourth-order valence-electron chi connectivity index (χ4n) is 2.72. The molecule has 0 saturated heterocycles. The van der Waals surface area contributed by atoms with Gasteiger partial charge in [-0.2, -0.15) is 0 Å². The van der Waals surface area contributed by atoms with Gasteiger partial charge in [0.1, 0.15) is 17.2 Å². The van der Waals surface area contributed by atoms with E-state index in [9.17, 15) is 0 Å². The number of nitrogens with zero attached hydrogens (tertiary/aromatic N) is 1.